The van der Waals surface area contributed by atoms with Gasteiger partial charge in [0.05, 0.1) is 4.90 Å². The number of aryl methyl sites for hydroxylation is 1. The maximum Gasteiger partial charge on any atom is 0.243 e. The molecule has 6 heteroatoms. The molecular formula is C17H22N2O3S. The molecule has 3 fully saturated rings. The first-order valence-corrected chi connectivity index (χ1v) is 9.75. The van der Waals surface area contributed by atoms with Gasteiger partial charge < -0.3 is 5.32 Å². The molecule has 23 heavy (non-hydrogen) atoms. The summed E-state index contributed by atoms with van der Waals surface area (Å²) in [4.78, 5) is 12.3. The number of nitrogens with one attached hydrogen (secondary N) is 1. The average Bonchev–Trinajstić information content (AvgIpc) is 3.12. The van der Waals surface area contributed by atoms with Crippen molar-refractivity contribution in [3.63, 3.8) is 0 Å². The normalized spacial score (nSPS) is 34.0. The van der Waals surface area contributed by atoms with Crippen molar-refractivity contribution in [3.8, 4) is 0 Å². The maximum absolute atomic E-state index is 12.9. The van der Waals surface area contributed by atoms with Gasteiger partial charge in [0.15, 0.2) is 0 Å². The van der Waals surface area contributed by atoms with Crippen molar-refractivity contribution in [2.45, 2.75) is 24.7 Å². The highest BCUT2D eigenvalue weighted by molar-refractivity contribution is 7.89. The van der Waals surface area contributed by atoms with Gasteiger partial charge in [-0.3, -0.25) is 4.79 Å². The minimum atomic E-state index is -3.43. The summed E-state index contributed by atoms with van der Waals surface area (Å²) in [5.74, 6) is 1.27. The number of amides is 1. The maximum atomic E-state index is 12.9. The molecule has 1 saturated carbocycles. The summed E-state index contributed by atoms with van der Waals surface area (Å²) in [5.41, 5.74) is 1.05. The van der Waals surface area contributed by atoms with E-state index in [0.29, 0.717) is 42.3 Å². The molecule has 4 rings (SSSR count). The highest BCUT2D eigenvalue weighted by Gasteiger charge is 2.51. The van der Waals surface area contributed by atoms with Gasteiger partial charge in [0, 0.05) is 25.6 Å². The Labute approximate surface area is 137 Å². The second kappa shape index (κ2) is 5.31. The quantitative estimate of drug-likeness (QED) is 0.889. The third-order valence-electron chi connectivity index (χ3n) is 5.88. The number of fused-ring (bicyclic) bond motifs is 3. The van der Waals surface area contributed by atoms with Gasteiger partial charge in [-0.1, -0.05) is 17.7 Å². The second-order valence-corrected chi connectivity index (χ2v) is 9.09. The number of benzene rings is 1. The molecule has 5 nitrogen and oxygen atoms in total. The lowest BCUT2D eigenvalue weighted by Crippen LogP contribution is -2.34. The van der Waals surface area contributed by atoms with Crippen molar-refractivity contribution in [2.24, 2.45) is 23.7 Å². The molecule has 2 aliphatic heterocycles. The first kappa shape index (κ1) is 15.1. The van der Waals surface area contributed by atoms with Crippen LogP contribution in [0.3, 0.4) is 0 Å². The SMILES string of the molecule is Cc1ccc(S(=O)(=O)N2C[C@@H]3CC[C@H]4C(=O)NC[C@H]4[C@H]3C2)cc1. The minimum Gasteiger partial charge on any atom is -0.356 e. The molecule has 2 heterocycles. The summed E-state index contributed by atoms with van der Waals surface area (Å²) in [6.07, 6.45) is 1.86. The van der Waals surface area contributed by atoms with Gasteiger partial charge in [0.25, 0.3) is 0 Å². The van der Waals surface area contributed by atoms with Crippen LogP contribution in [0.2, 0.25) is 0 Å². The molecule has 0 unspecified atom stereocenters. The molecule has 0 aromatic heterocycles. The van der Waals surface area contributed by atoms with E-state index in [1.807, 2.05) is 19.1 Å². The Bertz CT molecular complexity index is 729. The molecular weight excluding hydrogens is 312 g/mol. The lowest BCUT2D eigenvalue weighted by molar-refractivity contribution is -0.124. The molecule has 0 spiro atoms. The summed E-state index contributed by atoms with van der Waals surface area (Å²) < 4.78 is 27.4. The van der Waals surface area contributed by atoms with E-state index in [4.69, 9.17) is 0 Å². The Morgan fingerprint density at radius 3 is 2.57 bits per heavy atom. The largest absolute Gasteiger partial charge is 0.356 e. The molecule has 0 bridgehead atoms. The fourth-order valence-corrected chi connectivity index (χ4v) is 6.11. The number of sulfonamides is 1. The van der Waals surface area contributed by atoms with E-state index < -0.39 is 10.0 Å². The topological polar surface area (TPSA) is 66.5 Å². The summed E-state index contributed by atoms with van der Waals surface area (Å²) in [6.45, 7) is 3.81. The third-order valence-corrected chi connectivity index (χ3v) is 7.73. The second-order valence-electron chi connectivity index (χ2n) is 7.15. The van der Waals surface area contributed by atoms with Gasteiger partial charge in [-0.2, -0.15) is 4.31 Å². The van der Waals surface area contributed by atoms with E-state index in [9.17, 15) is 13.2 Å². The molecule has 4 atom stereocenters. The first-order valence-electron chi connectivity index (χ1n) is 8.31. The number of hydrogen-bond acceptors (Lipinski definition) is 3. The standard InChI is InChI=1S/C17H22N2O3S/c1-11-2-5-13(6-3-11)23(21,22)19-9-12-4-7-14-15(16(12)10-19)8-18-17(14)20/h2-3,5-6,12,14-16H,4,7-10H2,1H3,(H,18,20)/t12-,14+,15+,16-/m0/s1. The minimum absolute atomic E-state index is 0.0956. The lowest BCUT2D eigenvalue weighted by Gasteiger charge is -2.33. The number of carbonyl (C=O) groups is 1. The van der Waals surface area contributed by atoms with E-state index in [0.717, 1.165) is 18.4 Å². The number of hydrogen-bond donors (Lipinski definition) is 1. The van der Waals surface area contributed by atoms with Crippen molar-refractivity contribution in [1.29, 1.82) is 0 Å². The van der Waals surface area contributed by atoms with E-state index in [2.05, 4.69) is 5.32 Å². The van der Waals surface area contributed by atoms with Crippen molar-refractivity contribution in [1.82, 2.24) is 9.62 Å². The molecule has 0 radical (unpaired) electrons. The monoisotopic (exact) mass is 334 g/mol. The van der Waals surface area contributed by atoms with Crippen LogP contribution < -0.4 is 5.32 Å². The van der Waals surface area contributed by atoms with Crippen LogP contribution in [-0.4, -0.2) is 38.3 Å². The zero-order valence-corrected chi connectivity index (χ0v) is 14.1. The van der Waals surface area contributed by atoms with Crippen molar-refractivity contribution in [2.75, 3.05) is 19.6 Å². The number of carbonyl (C=O) groups excluding carboxylic acids is 1. The van der Waals surface area contributed by atoms with Crippen LogP contribution in [0, 0.1) is 30.6 Å². The van der Waals surface area contributed by atoms with Gasteiger partial charge in [-0.05, 0) is 49.7 Å². The average molecular weight is 334 g/mol. The molecule has 1 aliphatic carbocycles. The van der Waals surface area contributed by atoms with E-state index in [1.165, 1.54) is 0 Å². The Balaban J connectivity index is 1.58. The summed E-state index contributed by atoms with van der Waals surface area (Å²) in [7, 11) is -3.43. The van der Waals surface area contributed by atoms with E-state index in [-0.39, 0.29) is 11.8 Å². The van der Waals surface area contributed by atoms with Gasteiger partial charge >= 0.3 is 0 Å². The van der Waals surface area contributed by atoms with Crippen LogP contribution in [0.4, 0.5) is 0 Å². The Morgan fingerprint density at radius 1 is 1.09 bits per heavy atom. The van der Waals surface area contributed by atoms with Crippen LogP contribution in [0.5, 0.6) is 0 Å². The first-order chi connectivity index (χ1) is 11.0. The zero-order valence-electron chi connectivity index (χ0n) is 13.2. The van der Waals surface area contributed by atoms with Crippen molar-refractivity contribution in [3.05, 3.63) is 29.8 Å². The van der Waals surface area contributed by atoms with Gasteiger partial charge in [-0.15, -0.1) is 0 Å². The number of nitrogens with zero attached hydrogens (tertiary/aromatic N) is 1. The van der Waals surface area contributed by atoms with Crippen LogP contribution >= 0.6 is 0 Å². The van der Waals surface area contributed by atoms with E-state index >= 15 is 0 Å². The van der Waals surface area contributed by atoms with Gasteiger partial charge in [0.2, 0.25) is 15.9 Å². The predicted molar refractivity (Wildman–Crippen MR) is 86.1 cm³/mol. The molecule has 1 aromatic carbocycles. The molecule has 2 saturated heterocycles. The Kier molecular flexibility index (Phi) is 3.50. The Hall–Kier alpha value is -1.40. The molecule has 3 aliphatic rings. The van der Waals surface area contributed by atoms with Crippen LogP contribution in [0.15, 0.2) is 29.2 Å². The van der Waals surface area contributed by atoms with Gasteiger partial charge in [0.1, 0.15) is 0 Å². The predicted octanol–water partition coefficient (Wildman–Crippen LogP) is 1.39. The van der Waals surface area contributed by atoms with Crippen molar-refractivity contribution >= 4 is 15.9 Å². The molecule has 1 aromatic rings. The fraction of sp³-hybridized carbons (Fsp3) is 0.588. The summed E-state index contributed by atoms with van der Waals surface area (Å²) in [6, 6.07) is 7.06. The highest BCUT2D eigenvalue weighted by atomic mass is 32.2. The van der Waals surface area contributed by atoms with Crippen LogP contribution in [0.1, 0.15) is 18.4 Å². The third kappa shape index (κ3) is 2.39. The smallest absolute Gasteiger partial charge is 0.243 e. The summed E-state index contributed by atoms with van der Waals surface area (Å²) in [5, 5.41) is 2.96. The summed E-state index contributed by atoms with van der Waals surface area (Å²) >= 11 is 0. The molecule has 1 N–H and O–H groups in total. The lowest BCUT2D eigenvalue weighted by atomic mass is 9.69. The number of rotatable bonds is 2. The van der Waals surface area contributed by atoms with Gasteiger partial charge in [-0.25, -0.2) is 8.42 Å². The fourth-order valence-electron chi connectivity index (χ4n) is 4.58. The molecule has 124 valence electrons. The molecule has 1 amide bonds. The van der Waals surface area contributed by atoms with Crippen molar-refractivity contribution < 1.29 is 13.2 Å². The zero-order chi connectivity index (χ0) is 16.2. The van der Waals surface area contributed by atoms with E-state index in [1.54, 1.807) is 16.4 Å². The van der Waals surface area contributed by atoms with Crippen LogP contribution in [-0.2, 0) is 14.8 Å². The van der Waals surface area contributed by atoms with Crippen LogP contribution in [0.25, 0.3) is 0 Å². The Morgan fingerprint density at radius 2 is 1.83 bits per heavy atom. The highest BCUT2D eigenvalue weighted by Crippen LogP contribution is 2.46.